The summed E-state index contributed by atoms with van der Waals surface area (Å²) in [6, 6.07) is 10.7. The smallest absolute Gasteiger partial charge is 0.125 e. The van der Waals surface area contributed by atoms with Gasteiger partial charge in [0.2, 0.25) is 0 Å². The third-order valence-corrected chi connectivity index (χ3v) is 3.52. The Kier molecular flexibility index (Phi) is 5.05. The van der Waals surface area contributed by atoms with Gasteiger partial charge in [0.15, 0.2) is 0 Å². The molecule has 0 radical (unpaired) electrons. The summed E-state index contributed by atoms with van der Waals surface area (Å²) < 4.78 is 1.11. The summed E-state index contributed by atoms with van der Waals surface area (Å²) >= 11 is 3.52. The van der Waals surface area contributed by atoms with Crippen molar-refractivity contribution in [3.8, 4) is 0 Å². The molecule has 100 valence electrons. The molecule has 1 aromatic carbocycles. The molecule has 0 aliphatic rings. The number of hydrogen-bond donors (Lipinski definition) is 1. The van der Waals surface area contributed by atoms with Crippen molar-refractivity contribution in [2.45, 2.75) is 32.9 Å². The van der Waals surface area contributed by atoms with E-state index in [0.29, 0.717) is 6.04 Å². The number of aromatic nitrogens is 2. The molecule has 0 saturated heterocycles. The second-order valence-electron chi connectivity index (χ2n) is 4.49. The first-order valence-corrected chi connectivity index (χ1v) is 7.25. The van der Waals surface area contributed by atoms with Gasteiger partial charge in [-0.1, -0.05) is 35.0 Å². The molecule has 19 heavy (non-hydrogen) atoms. The standard InChI is InChI=1S/C15H18BrN3/c1-3-15(12-5-4-6-13(16)9-12)18-10-14-7-8-17-11(2)19-14/h4-9,15,18H,3,10H2,1-2H3. The molecule has 1 unspecified atom stereocenters. The lowest BCUT2D eigenvalue weighted by Gasteiger charge is -2.17. The molecule has 0 aliphatic heterocycles. The van der Waals surface area contributed by atoms with Crippen LogP contribution < -0.4 is 5.32 Å². The van der Waals surface area contributed by atoms with Gasteiger partial charge in [0.1, 0.15) is 5.82 Å². The van der Waals surface area contributed by atoms with E-state index in [2.05, 4.69) is 56.3 Å². The van der Waals surface area contributed by atoms with E-state index in [0.717, 1.165) is 29.0 Å². The molecular weight excluding hydrogens is 302 g/mol. The van der Waals surface area contributed by atoms with Crippen molar-refractivity contribution < 1.29 is 0 Å². The van der Waals surface area contributed by atoms with Crippen LogP contribution in [-0.2, 0) is 6.54 Å². The summed E-state index contributed by atoms with van der Waals surface area (Å²) in [6.07, 6.45) is 2.85. The van der Waals surface area contributed by atoms with E-state index >= 15 is 0 Å². The monoisotopic (exact) mass is 319 g/mol. The Labute approximate surface area is 122 Å². The van der Waals surface area contributed by atoms with Gasteiger partial charge in [0.05, 0.1) is 5.69 Å². The van der Waals surface area contributed by atoms with E-state index in [4.69, 9.17) is 0 Å². The number of hydrogen-bond acceptors (Lipinski definition) is 3. The Bertz CT molecular complexity index is 542. The minimum absolute atomic E-state index is 0.341. The number of benzene rings is 1. The average Bonchev–Trinajstić information content (AvgIpc) is 2.40. The first-order chi connectivity index (χ1) is 9.19. The van der Waals surface area contributed by atoms with Crippen molar-refractivity contribution in [2.75, 3.05) is 0 Å². The number of nitrogens with one attached hydrogen (secondary N) is 1. The van der Waals surface area contributed by atoms with Crippen molar-refractivity contribution >= 4 is 15.9 Å². The highest BCUT2D eigenvalue weighted by Crippen LogP contribution is 2.20. The van der Waals surface area contributed by atoms with Gasteiger partial charge in [-0.05, 0) is 37.1 Å². The first-order valence-electron chi connectivity index (χ1n) is 6.46. The van der Waals surface area contributed by atoms with Crippen molar-refractivity contribution in [2.24, 2.45) is 0 Å². The van der Waals surface area contributed by atoms with Crippen molar-refractivity contribution in [1.82, 2.24) is 15.3 Å². The maximum atomic E-state index is 4.41. The summed E-state index contributed by atoms with van der Waals surface area (Å²) in [5.74, 6) is 0.815. The number of rotatable bonds is 5. The molecule has 1 atom stereocenters. The maximum Gasteiger partial charge on any atom is 0.125 e. The zero-order chi connectivity index (χ0) is 13.7. The molecule has 0 fully saturated rings. The third kappa shape index (κ3) is 4.11. The fourth-order valence-electron chi connectivity index (χ4n) is 2.05. The van der Waals surface area contributed by atoms with E-state index in [-0.39, 0.29) is 0 Å². The molecule has 0 bridgehead atoms. The molecule has 0 amide bonds. The minimum Gasteiger partial charge on any atom is -0.304 e. The quantitative estimate of drug-likeness (QED) is 0.911. The minimum atomic E-state index is 0.341. The van der Waals surface area contributed by atoms with Crippen molar-refractivity contribution in [1.29, 1.82) is 0 Å². The van der Waals surface area contributed by atoms with E-state index in [9.17, 15) is 0 Å². The highest BCUT2D eigenvalue weighted by molar-refractivity contribution is 9.10. The predicted octanol–water partition coefficient (Wildman–Crippen LogP) is 3.79. The zero-order valence-electron chi connectivity index (χ0n) is 11.2. The van der Waals surface area contributed by atoms with E-state index in [1.165, 1.54) is 5.56 Å². The SMILES string of the molecule is CCC(NCc1ccnc(C)n1)c1cccc(Br)c1. The van der Waals surface area contributed by atoms with E-state index in [1.807, 2.05) is 19.1 Å². The van der Waals surface area contributed by atoms with E-state index < -0.39 is 0 Å². The van der Waals surface area contributed by atoms with Gasteiger partial charge in [-0.25, -0.2) is 9.97 Å². The fourth-order valence-corrected chi connectivity index (χ4v) is 2.47. The Balaban J connectivity index is 2.04. The Hall–Kier alpha value is -1.26. The van der Waals surface area contributed by atoms with Crippen LogP contribution in [0.15, 0.2) is 41.0 Å². The fraction of sp³-hybridized carbons (Fsp3) is 0.333. The second kappa shape index (κ2) is 6.78. The van der Waals surface area contributed by atoms with Crippen LogP contribution in [0.1, 0.15) is 36.5 Å². The molecular formula is C15H18BrN3. The van der Waals surface area contributed by atoms with Gasteiger partial charge < -0.3 is 5.32 Å². The predicted molar refractivity (Wildman–Crippen MR) is 80.8 cm³/mol. The van der Waals surface area contributed by atoms with Gasteiger partial charge in [0, 0.05) is 23.3 Å². The van der Waals surface area contributed by atoms with Crippen LogP contribution in [0.4, 0.5) is 0 Å². The van der Waals surface area contributed by atoms with Crippen LogP contribution in [-0.4, -0.2) is 9.97 Å². The first kappa shape index (κ1) is 14.2. The highest BCUT2D eigenvalue weighted by Gasteiger charge is 2.09. The summed E-state index contributed by atoms with van der Waals surface area (Å²) in [4.78, 5) is 8.52. The number of nitrogens with zero attached hydrogens (tertiary/aromatic N) is 2. The molecule has 1 N–H and O–H groups in total. The molecule has 2 rings (SSSR count). The van der Waals surface area contributed by atoms with Gasteiger partial charge in [0.25, 0.3) is 0 Å². The van der Waals surface area contributed by atoms with Gasteiger partial charge in [-0.3, -0.25) is 0 Å². The molecule has 0 aliphatic carbocycles. The topological polar surface area (TPSA) is 37.8 Å². The average molecular weight is 320 g/mol. The Morgan fingerprint density at radius 2 is 2.16 bits per heavy atom. The zero-order valence-corrected chi connectivity index (χ0v) is 12.8. The van der Waals surface area contributed by atoms with Crippen molar-refractivity contribution in [3.63, 3.8) is 0 Å². The van der Waals surface area contributed by atoms with E-state index in [1.54, 1.807) is 6.20 Å². The normalized spacial score (nSPS) is 12.4. The van der Waals surface area contributed by atoms with Crippen LogP contribution in [0.3, 0.4) is 0 Å². The lowest BCUT2D eigenvalue weighted by Crippen LogP contribution is -2.21. The van der Waals surface area contributed by atoms with Crippen LogP contribution in [0.25, 0.3) is 0 Å². The lowest BCUT2D eigenvalue weighted by atomic mass is 10.0. The maximum absolute atomic E-state index is 4.41. The largest absolute Gasteiger partial charge is 0.304 e. The molecule has 1 heterocycles. The van der Waals surface area contributed by atoms with Crippen LogP contribution >= 0.6 is 15.9 Å². The molecule has 3 nitrogen and oxygen atoms in total. The molecule has 4 heteroatoms. The number of aryl methyl sites for hydroxylation is 1. The third-order valence-electron chi connectivity index (χ3n) is 3.02. The Morgan fingerprint density at radius 1 is 1.32 bits per heavy atom. The van der Waals surface area contributed by atoms with Gasteiger partial charge in [-0.2, -0.15) is 0 Å². The van der Waals surface area contributed by atoms with Gasteiger partial charge >= 0.3 is 0 Å². The van der Waals surface area contributed by atoms with Crippen LogP contribution in [0, 0.1) is 6.92 Å². The number of halogens is 1. The summed E-state index contributed by atoms with van der Waals surface area (Å²) in [5, 5.41) is 3.55. The summed E-state index contributed by atoms with van der Waals surface area (Å²) in [5.41, 5.74) is 2.32. The van der Waals surface area contributed by atoms with Gasteiger partial charge in [-0.15, -0.1) is 0 Å². The molecule has 1 aromatic heterocycles. The second-order valence-corrected chi connectivity index (χ2v) is 5.41. The van der Waals surface area contributed by atoms with Crippen LogP contribution in [0.5, 0.6) is 0 Å². The molecule has 0 saturated carbocycles. The lowest BCUT2D eigenvalue weighted by molar-refractivity contribution is 0.513. The van der Waals surface area contributed by atoms with Crippen molar-refractivity contribution in [3.05, 3.63) is 58.1 Å². The summed E-state index contributed by atoms with van der Waals surface area (Å²) in [7, 11) is 0. The Morgan fingerprint density at radius 3 is 2.84 bits per heavy atom. The molecule has 0 spiro atoms. The van der Waals surface area contributed by atoms with Crippen LogP contribution in [0.2, 0.25) is 0 Å². The summed E-state index contributed by atoms with van der Waals surface area (Å²) in [6.45, 7) is 4.85. The highest BCUT2D eigenvalue weighted by atomic mass is 79.9. The molecule has 2 aromatic rings.